The third kappa shape index (κ3) is 3.42. The van der Waals surface area contributed by atoms with E-state index in [-0.39, 0.29) is 18.3 Å². The molecule has 1 atom stereocenters. The van der Waals surface area contributed by atoms with Gasteiger partial charge in [-0.25, -0.2) is 4.39 Å². The van der Waals surface area contributed by atoms with Crippen LogP contribution in [0.4, 0.5) is 4.39 Å². The summed E-state index contributed by atoms with van der Waals surface area (Å²) in [7, 11) is 2.72. The maximum atomic E-state index is 13.7. The van der Waals surface area contributed by atoms with E-state index >= 15 is 0 Å². The van der Waals surface area contributed by atoms with E-state index in [0.717, 1.165) is 0 Å². The second-order valence-corrected chi connectivity index (χ2v) is 3.56. The van der Waals surface area contributed by atoms with Crippen molar-refractivity contribution in [2.75, 3.05) is 14.2 Å². The van der Waals surface area contributed by atoms with Crippen LogP contribution in [0.3, 0.4) is 0 Å². The van der Waals surface area contributed by atoms with Crippen molar-refractivity contribution in [1.82, 2.24) is 5.32 Å². The van der Waals surface area contributed by atoms with Gasteiger partial charge in [-0.15, -0.1) is 0 Å². The van der Waals surface area contributed by atoms with Gasteiger partial charge in [0.1, 0.15) is 6.04 Å². The van der Waals surface area contributed by atoms with Crippen LogP contribution in [0.1, 0.15) is 12.5 Å². The molecule has 0 heterocycles. The number of benzene rings is 1. The molecule has 0 aliphatic carbocycles. The van der Waals surface area contributed by atoms with Gasteiger partial charge < -0.3 is 14.8 Å². The fourth-order valence-corrected chi connectivity index (χ4v) is 1.37. The predicted molar refractivity (Wildman–Crippen MR) is 61.3 cm³/mol. The molecule has 94 valence electrons. The fourth-order valence-electron chi connectivity index (χ4n) is 1.37. The van der Waals surface area contributed by atoms with Crippen molar-refractivity contribution in [3.8, 4) is 5.75 Å². The smallest absolute Gasteiger partial charge is 0.322 e. The highest BCUT2D eigenvalue weighted by atomic mass is 19.1. The monoisotopic (exact) mass is 241 g/mol. The number of hydrogen-bond acceptors (Lipinski definition) is 4. The number of rotatable bonds is 5. The zero-order valence-corrected chi connectivity index (χ0v) is 10.1. The Balaban J connectivity index is 2.66. The van der Waals surface area contributed by atoms with Crippen LogP contribution >= 0.6 is 0 Å². The molecule has 0 fully saturated rings. The number of esters is 1. The molecule has 0 aromatic heterocycles. The highest BCUT2D eigenvalue weighted by molar-refractivity contribution is 5.75. The summed E-state index contributed by atoms with van der Waals surface area (Å²) in [4.78, 5) is 11.1. The number of carbonyl (C=O) groups is 1. The SMILES string of the molecule is COC(=O)C(C)NCc1cccc(OC)c1F. The topological polar surface area (TPSA) is 47.6 Å². The molecule has 0 bridgehead atoms. The molecule has 0 aliphatic rings. The Kier molecular flexibility index (Phi) is 4.90. The zero-order valence-electron chi connectivity index (χ0n) is 10.1. The normalized spacial score (nSPS) is 12.0. The molecule has 1 N–H and O–H groups in total. The number of ether oxygens (including phenoxy) is 2. The van der Waals surface area contributed by atoms with Gasteiger partial charge in [-0.2, -0.15) is 0 Å². The average molecular weight is 241 g/mol. The molecular formula is C12H16FNO3. The Morgan fingerprint density at radius 3 is 2.76 bits per heavy atom. The third-order valence-electron chi connectivity index (χ3n) is 2.42. The van der Waals surface area contributed by atoms with Crippen molar-refractivity contribution in [1.29, 1.82) is 0 Å². The minimum absolute atomic E-state index is 0.190. The molecule has 0 radical (unpaired) electrons. The Morgan fingerprint density at radius 1 is 1.47 bits per heavy atom. The molecule has 1 unspecified atom stereocenters. The Hall–Kier alpha value is -1.62. The largest absolute Gasteiger partial charge is 0.494 e. The molecule has 1 aromatic rings. The van der Waals surface area contributed by atoms with E-state index in [0.29, 0.717) is 5.56 Å². The first-order valence-corrected chi connectivity index (χ1v) is 5.22. The van der Waals surface area contributed by atoms with Gasteiger partial charge >= 0.3 is 5.97 Å². The van der Waals surface area contributed by atoms with E-state index < -0.39 is 11.9 Å². The first-order valence-electron chi connectivity index (χ1n) is 5.22. The molecular weight excluding hydrogens is 225 g/mol. The Bertz CT molecular complexity index is 395. The van der Waals surface area contributed by atoms with E-state index in [9.17, 15) is 9.18 Å². The van der Waals surface area contributed by atoms with Crippen LogP contribution in [0.25, 0.3) is 0 Å². The lowest BCUT2D eigenvalue weighted by Crippen LogP contribution is -2.34. The van der Waals surface area contributed by atoms with Crippen LogP contribution in [-0.4, -0.2) is 26.2 Å². The average Bonchev–Trinajstić information content (AvgIpc) is 2.36. The molecule has 1 rings (SSSR count). The fraction of sp³-hybridized carbons (Fsp3) is 0.417. The lowest BCUT2D eigenvalue weighted by molar-refractivity contribution is -0.142. The highest BCUT2D eigenvalue weighted by Crippen LogP contribution is 2.19. The van der Waals surface area contributed by atoms with Gasteiger partial charge in [-0.05, 0) is 13.0 Å². The van der Waals surface area contributed by atoms with Gasteiger partial charge in [0.05, 0.1) is 14.2 Å². The van der Waals surface area contributed by atoms with Crippen LogP contribution in [0.5, 0.6) is 5.75 Å². The second kappa shape index (κ2) is 6.20. The Morgan fingerprint density at radius 2 is 2.18 bits per heavy atom. The number of carbonyl (C=O) groups excluding carboxylic acids is 1. The molecule has 0 amide bonds. The van der Waals surface area contributed by atoms with Crippen LogP contribution in [0.15, 0.2) is 18.2 Å². The third-order valence-corrected chi connectivity index (χ3v) is 2.42. The molecule has 4 nitrogen and oxygen atoms in total. The lowest BCUT2D eigenvalue weighted by atomic mass is 10.2. The van der Waals surface area contributed by atoms with E-state index in [1.165, 1.54) is 14.2 Å². The summed E-state index contributed by atoms with van der Waals surface area (Å²) in [5.74, 6) is -0.608. The summed E-state index contributed by atoms with van der Waals surface area (Å²) in [5.41, 5.74) is 0.445. The first-order chi connectivity index (χ1) is 8.10. The lowest BCUT2D eigenvalue weighted by Gasteiger charge is -2.12. The molecule has 0 saturated carbocycles. The van der Waals surface area contributed by atoms with Crippen molar-refractivity contribution in [2.24, 2.45) is 0 Å². The minimum Gasteiger partial charge on any atom is -0.494 e. The molecule has 1 aromatic carbocycles. The van der Waals surface area contributed by atoms with Crippen molar-refractivity contribution >= 4 is 5.97 Å². The van der Waals surface area contributed by atoms with Gasteiger partial charge in [-0.1, -0.05) is 12.1 Å². The molecule has 0 spiro atoms. The van der Waals surface area contributed by atoms with Crippen molar-refractivity contribution < 1.29 is 18.7 Å². The van der Waals surface area contributed by atoms with Crippen molar-refractivity contribution in [2.45, 2.75) is 19.5 Å². The summed E-state index contributed by atoms with van der Waals surface area (Å²) < 4.78 is 23.1. The minimum atomic E-state index is -0.481. The van der Waals surface area contributed by atoms with E-state index in [2.05, 4.69) is 10.1 Å². The predicted octanol–water partition coefficient (Wildman–Crippen LogP) is 1.49. The number of nitrogens with one attached hydrogen (secondary N) is 1. The highest BCUT2D eigenvalue weighted by Gasteiger charge is 2.14. The quantitative estimate of drug-likeness (QED) is 0.793. The van der Waals surface area contributed by atoms with Crippen LogP contribution in [0.2, 0.25) is 0 Å². The van der Waals surface area contributed by atoms with E-state index in [1.807, 2.05) is 0 Å². The summed E-state index contributed by atoms with van der Waals surface area (Å²) in [6, 6.07) is 4.39. The van der Waals surface area contributed by atoms with E-state index in [1.54, 1.807) is 25.1 Å². The van der Waals surface area contributed by atoms with Gasteiger partial charge in [0.2, 0.25) is 0 Å². The second-order valence-electron chi connectivity index (χ2n) is 3.56. The number of halogens is 1. The van der Waals surface area contributed by atoms with Gasteiger partial charge in [-0.3, -0.25) is 4.79 Å². The number of methoxy groups -OCH3 is 2. The van der Waals surface area contributed by atoms with Crippen LogP contribution < -0.4 is 10.1 Å². The van der Waals surface area contributed by atoms with Gasteiger partial charge in [0, 0.05) is 12.1 Å². The summed E-state index contributed by atoms with van der Waals surface area (Å²) in [6.45, 7) is 1.89. The van der Waals surface area contributed by atoms with E-state index in [4.69, 9.17) is 4.74 Å². The standard InChI is InChI=1S/C12H16FNO3/c1-8(12(15)17-3)14-7-9-5-4-6-10(16-2)11(9)13/h4-6,8,14H,7H2,1-3H3. The van der Waals surface area contributed by atoms with Crippen molar-refractivity contribution in [3.63, 3.8) is 0 Å². The molecule has 0 aliphatic heterocycles. The molecule has 17 heavy (non-hydrogen) atoms. The van der Waals surface area contributed by atoms with Crippen molar-refractivity contribution in [3.05, 3.63) is 29.6 Å². The molecule has 0 saturated heterocycles. The molecule has 5 heteroatoms. The summed E-state index contributed by atoms with van der Waals surface area (Å²) in [5, 5.41) is 2.87. The summed E-state index contributed by atoms with van der Waals surface area (Å²) in [6.07, 6.45) is 0. The van der Waals surface area contributed by atoms with Crippen LogP contribution in [0, 0.1) is 5.82 Å². The maximum Gasteiger partial charge on any atom is 0.322 e. The van der Waals surface area contributed by atoms with Gasteiger partial charge in [0.25, 0.3) is 0 Å². The summed E-state index contributed by atoms with van der Waals surface area (Å²) >= 11 is 0. The maximum absolute atomic E-state index is 13.7. The first kappa shape index (κ1) is 13.4. The Labute approximate surface area is 99.7 Å². The van der Waals surface area contributed by atoms with Gasteiger partial charge in [0.15, 0.2) is 11.6 Å². The van der Waals surface area contributed by atoms with Crippen LogP contribution in [-0.2, 0) is 16.1 Å². The zero-order chi connectivity index (χ0) is 12.8. The number of hydrogen-bond donors (Lipinski definition) is 1.